The Kier molecular flexibility index (Phi) is 5.83. The lowest BCUT2D eigenvalue weighted by molar-refractivity contribution is 0.387. The largest absolute Gasteiger partial charge is 0.423 e. The third kappa shape index (κ3) is 4.08. The van der Waals surface area contributed by atoms with Crippen molar-refractivity contribution in [2.45, 2.75) is 52.4 Å². The van der Waals surface area contributed by atoms with Crippen molar-refractivity contribution in [3.05, 3.63) is 52.1 Å². The third-order valence-corrected chi connectivity index (χ3v) is 8.63. The van der Waals surface area contributed by atoms with Gasteiger partial charge in [0.25, 0.3) is 6.01 Å². The van der Waals surface area contributed by atoms with Crippen LogP contribution in [0.15, 0.2) is 33.6 Å². The summed E-state index contributed by atoms with van der Waals surface area (Å²) in [4.78, 5) is 7.16. The highest BCUT2D eigenvalue weighted by Crippen LogP contribution is 2.30. The van der Waals surface area contributed by atoms with Gasteiger partial charge in [-0.15, -0.1) is 0 Å². The van der Waals surface area contributed by atoms with Gasteiger partial charge in [0, 0.05) is 19.6 Å². The molecule has 6 nitrogen and oxygen atoms in total. The summed E-state index contributed by atoms with van der Waals surface area (Å²) in [6, 6.07) is 8.41. The predicted octanol–water partition coefficient (Wildman–Crippen LogP) is 4.56. The Morgan fingerprint density at radius 3 is 2.16 bits per heavy atom. The van der Waals surface area contributed by atoms with Crippen LogP contribution in [0.1, 0.15) is 40.7 Å². The number of aromatic nitrogens is 1. The summed E-state index contributed by atoms with van der Waals surface area (Å²) in [5.41, 5.74) is 6.62. The number of hydrogen-bond acceptors (Lipinski definition) is 5. The van der Waals surface area contributed by atoms with E-state index in [1.807, 2.05) is 52.0 Å². The minimum absolute atomic E-state index is 0.295. The van der Waals surface area contributed by atoms with E-state index in [4.69, 9.17) is 4.42 Å². The van der Waals surface area contributed by atoms with E-state index in [1.54, 1.807) is 0 Å². The highest BCUT2D eigenvalue weighted by molar-refractivity contribution is 7.89. The Bertz CT molecular complexity index is 1160. The molecule has 0 unspecified atom stereocenters. The number of oxazole rings is 1. The molecule has 0 atom stereocenters. The Hall–Kier alpha value is -2.38. The van der Waals surface area contributed by atoms with E-state index in [-0.39, 0.29) is 0 Å². The van der Waals surface area contributed by atoms with Crippen LogP contribution in [0.4, 0.5) is 6.01 Å². The number of sulfonamides is 1. The number of nitrogens with one attached hydrogen (secondary N) is 1. The first-order valence-electron chi connectivity index (χ1n) is 10.9. The second-order valence-corrected chi connectivity index (χ2v) is 10.4. The van der Waals surface area contributed by atoms with Crippen molar-refractivity contribution in [1.82, 2.24) is 9.71 Å². The number of para-hydroxylation sites is 2. The van der Waals surface area contributed by atoms with Gasteiger partial charge in [0.05, 0.1) is 4.90 Å². The van der Waals surface area contributed by atoms with Crippen LogP contribution in [0, 0.1) is 40.5 Å². The number of anilines is 1. The molecule has 4 rings (SSSR count). The van der Waals surface area contributed by atoms with Gasteiger partial charge in [-0.2, -0.15) is 4.98 Å². The molecular weight excluding hydrogens is 410 g/mol. The van der Waals surface area contributed by atoms with Crippen molar-refractivity contribution in [3.8, 4) is 0 Å². The zero-order valence-electron chi connectivity index (χ0n) is 18.9. The van der Waals surface area contributed by atoms with Crippen molar-refractivity contribution in [3.63, 3.8) is 0 Å². The molecule has 0 spiro atoms. The zero-order valence-corrected chi connectivity index (χ0v) is 19.8. The molecule has 0 bridgehead atoms. The lowest BCUT2D eigenvalue weighted by Crippen LogP contribution is -2.39. The van der Waals surface area contributed by atoms with Crippen LogP contribution in [0.3, 0.4) is 0 Å². The average molecular weight is 442 g/mol. The highest BCUT2D eigenvalue weighted by atomic mass is 32.2. The summed E-state index contributed by atoms with van der Waals surface area (Å²) in [5.74, 6) is 0.295. The highest BCUT2D eigenvalue weighted by Gasteiger charge is 2.27. The molecule has 1 saturated heterocycles. The molecule has 2 aromatic carbocycles. The van der Waals surface area contributed by atoms with Crippen LogP contribution in [0.5, 0.6) is 0 Å². The maximum absolute atomic E-state index is 13.2. The van der Waals surface area contributed by atoms with Gasteiger partial charge in [-0.3, -0.25) is 0 Å². The molecule has 1 aromatic heterocycles. The van der Waals surface area contributed by atoms with E-state index in [0.29, 0.717) is 23.4 Å². The maximum Gasteiger partial charge on any atom is 0.298 e. The van der Waals surface area contributed by atoms with Gasteiger partial charge in [0.1, 0.15) is 5.52 Å². The van der Waals surface area contributed by atoms with Crippen molar-refractivity contribution >= 4 is 27.1 Å². The SMILES string of the molecule is Cc1c(C)c(C)c(S(=O)(=O)NCC2CCN(c3nc4ccccc4o3)CC2)c(C)c1C. The number of benzene rings is 2. The zero-order chi connectivity index (χ0) is 22.3. The molecule has 31 heavy (non-hydrogen) atoms. The summed E-state index contributed by atoms with van der Waals surface area (Å²) in [5, 5.41) is 0. The van der Waals surface area contributed by atoms with Crippen molar-refractivity contribution in [2.24, 2.45) is 5.92 Å². The minimum Gasteiger partial charge on any atom is -0.423 e. The molecular formula is C24H31N3O3S. The van der Waals surface area contributed by atoms with E-state index < -0.39 is 10.0 Å². The first kappa shape index (κ1) is 21.8. The van der Waals surface area contributed by atoms with Crippen LogP contribution in [0.25, 0.3) is 11.1 Å². The molecule has 0 amide bonds. The first-order chi connectivity index (χ1) is 14.7. The number of nitrogens with zero attached hydrogens (tertiary/aromatic N) is 2. The molecule has 7 heteroatoms. The summed E-state index contributed by atoms with van der Waals surface area (Å²) in [6.07, 6.45) is 1.79. The average Bonchev–Trinajstić information content (AvgIpc) is 3.19. The van der Waals surface area contributed by atoms with E-state index in [9.17, 15) is 8.42 Å². The topological polar surface area (TPSA) is 75.4 Å². The van der Waals surface area contributed by atoms with E-state index in [2.05, 4.69) is 21.5 Å². The minimum atomic E-state index is -3.56. The van der Waals surface area contributed by atoms with Crippen molar-refractivity contribution < 1.29 is 12.8 Å². The summed E-state index contributed by atoms with van der Waals surface area (Å²) in [6.45, 7) is 11.9. The number of hydrogen-bond donors (Lipinski definition) is 1. The van der Waals surface area contributed by atoms with Crippen molar-refractivity contribution in [1.29, 1.82) is 0 Å². The van der Waals surface area contributed by atoms with Gasteiger partial charge in [-0.05, 0) is 93.3 Å². The summed E-state index contributed by atoms with van der Waals surface area (Å²) in [7, 11) is -3.56. The van der Waals surface area contributed by atoms with Crippen LogP contribution < -0.4 is 9.62 Å². The van der Waals surface area contributed by atoms with Crippen LogP contribution in [0.2, 0.25) is 0 Å². The molecule has 1 N–H and O–H groups in total. The second kappa shape index (κ2) is 8.28. The number of fused-ring (bicyclic) bond motifs is 1. The molecule has 1 fully saturated rings. The third-order valence-electron chi connectivity index (χ3n) is 6.93. The molecule has 1 aliphatic rings. The number of piperidine rings is 1. The van der Waals surface area contributed by atoms with Gasteiger partial charge in [-0.1, -0.05) is 12.1 Å². The smallest absolute Gasteiger partial charge is 0.298 e. The fourth-order valence-corrected chi connectivity index (χ4v) is 6.20. The molecule has 0 aliphatic carbocycles. The molecule has 0 radical (unpaired) electrons. The van der Waals surface area contributed by atoms with Crippen LogP contribution in [-0.4, -0.2) is 33.0 Å². The van der Waals surface area contributed by atoms with E-state index in [0.717, 1.165) is 59.3 Å². The standard InChI is InChI=1S/C24H31N3O3S/c1-15-16(2)18(4)23(19(5)17(15)3)31(28,29)25-14-20-10-12-27(13-11-20)24-26-21-8-6-7-9-22(21)30-24/h6-9,20,25H,10-14H2,1-5H3. The molecule has 0 saturated carbocycles. The molecule has 1 aliphatic heterocycles. The fourth-order valence-electron chi connectivity index (χ4n) is 4.49. The first-order valence-corrected chi connectivity index (χ1v) is 12.3. The van der Waals surface area contributed by atoms with E-state index >= 15 is 0 Å². The molecule has 3 aromatic rings. The normalized spacial score (nSPS) is 15.7. The Morgan fingerprint density at radius 2 is 1.55 bits per heavy atom. The van der Waals surface area contributed by atoms with Gasteiger partial charge >= 0.3 is 0 Å². The lowest BCUT2D eigenvalue weighted by Gasteiger charge is -2.31. The maximum atomic E-state index is 13.2. The van der Waals surface area contributed by atoms with Crippen LogP contribution in [-0.2, 0) is 10.0 Å². The Morgan fingerprint density at radius 1 is 0.968 bits per heavy atom. The van der Waals surface area contributed by atoms with E-state index in [1.165, 1.54) is 5.56 Å². The summed E-state index contributed by atoms with van der Waals surface area (Å²) >= 11 is 0. The Labute approximate surface area is 184 Å². The number of rotatable bonds is 5. The molecule has 166 valence electrons. The quantitative estimate of drug-likeness (QED) is 0.628. The van der Waals surface area contributed by atoms with Crippen molar-refractivity contribution in [2.75, 3.05) is 24.5 Å². The lowest BCUT2D eigenvalue weighted by atomic mass is 9.95. The summed E-state index contributed by atoms with van der Waals surface area (Å²) < 4.78 is 35.1. The van der Waals surface area contributed by atoms with Gasteiger partial charge in [0.2, 0.25) is 10.0 Å². The fraction of sp³-hybridized carbons (Fsp3) is 0.458. The Balaban J connectivity index is 1.41. The predicted molar refractivity (Wildman–Crippen MR) is 124 cm³/mol. The second-order valence-electron chi connectivity index (χ2n) is 8.70. The monoisotopic (exact) mass is 441 g/mol. The molecule has 2 heterocycles. The van der Waals surface area contributed by atoms with Crippen LogP contribution >= 0.6 is 0 Å². The van der Waals surface area contributed by atoms with Gasteiger partial charge in [-0.25, -0.2) is 13.1 Å². The van der Waals surface area contributed by atoms with Gasteiger partial charge in [0.15, 0.2) is 5.58 Å². The van der Waals surface area contributed by atoms with Gasteiger partial charge < -0.3 is 9.32 Å².